The summed E-state index contributed by atoms with van der Waals surface area (Å²) in [5, 5.41) is 0. The fourth-order valence-corrected chi connectivity index (χ4v) is 2.00. The van der Waals surface area contributed by atoms with E-state index in [2.05, 4.69) is 0 Å². The topological polar surface area (TPSA) is 43.4 Å². The first kappa shape index (κ1) is 14.1. The summed E-state index contributed by atoms with van der Waals surface area (Å²) in [6.07, 6.45) is -0.329. The van der Waals surface area contributed by atoms with Crippen molar-refractivity contribution in [2.24, 2.45) is 0 Å². The number of benzene rings is 1. The summed E-state index contributed by atoms with van der Waals surface area (Å²) in [7, 11) is -3.56. The first-order valence-electron chi connectivity index (χ1n) is 4.01. The van der Waals surface area contributed by atoms with Gasteiger partial charge in [-0.15, -0.1) is 0 Å². The van der Waals surface area contributed by atoms with Gasteiger partial charge in [0.25, 0.3) is 10.1 Å². The Balaban J connectivity index is 0. The predicted octanol–water partition coefficient (Wildman–Crippen LogP) is -1.08. The van der Waals surface area contributed by atoms with Crippen LogP contribution in [0, 0.1) is 0 Å². The van der Waals surface area contributed by atoms with Crippen LogP contribution in [0.4, 0.5) is 0 Å². The second-order valence-corrected chi connectivity index (χ2v) is 4.48. The Morgan fingerprint density at radius 2 is 1.71 bits per heavy atom. The van der Waals surface area contributed by atoms with Gasteiger partial charge in [0.2, 0.25) is 0 Å². The molecule has 0 aliphatic rings. The molecular weight excluding hydrogens is 211 g/mol. The molecule has 0 aromatic heterocycles. The molecule has 0 heterocycles. The van der Waals surface area contributed by atoms with Crippen LogP contribution in [-0.4, -0.2) is 14.5 Å². The Morgan fingerprint density at radius 1 is 1.21 bits per heavy atom. The van der Waals surface area contributed by atoms with Crippen molar-refractivity contribution < 1.29 is 43.6 Å². The minimum Gasteiger partial charge on any atom is -1.00 e. The molecule has 0 radical (unpaired) electrons. The Bertz CT molecular complexity index is 364. The van der Waals surface area contributed by atoms with Crippen molar-refractivity contribution in [2.45, 2.75) is 24.8 Å². The number of hydrogen-bond donors (Lipinski definition) is 0. The van der Waals surface area contributed by atoms with Crippen LogP contribution in [0.15, 0.2) is 35.2 Å². The normalized spacial score (nSPS) is 11.1. The van der Waals surface area contributed by atoms with Gasteiger partial charge in [0.15, 0.2) is 0 Å². The molecule has 1 rings (SSSR count). The largest absolute Gasteiger partial charge is 1.00 e. The van der Waals surface area contributed by atoms with Crippen molar-refractivity contribution in [2.75, 3.05) is 0 Å². The fourth-order valence-electron chi connectivity index (χ4n) is 0.896. The molecule has 0 saturated heterocycles. The molecule has 0 unspecified atom stereocenters. The van der Waals surface area contributed by atoms with Gasteiger partial charge in [-0.05, 0) is 26.0 Å². The standard InChI is InChI=1S/C9H12O3S.Na.H/c1-8(2)12-13(10,11)9-6-4-3-5-7-9;;/h3-8H,1-2H3;;/q;+1;-1. The van der Waals surface area contributed by atoms with Gasteiger partial charge >= 0.3 is 29.6 Å². The Morgan fingerprint density at radius 3 is 2.14 bits per heavy atom. The summed E-state index contributed by atoms with van der Waals surface area (Å²) in [4.78, 5) is 0.198. The first-order chi connectivity index (χ1) is 6.02. The van der Waals surface area contributed by atoms with Gasteiger partial charge in [0.05, 0.1) is 11.0 Å². The van der Waals surface area contributed by atoms with E-state index in [4.69, 9.17) is 4.18 Å². The Hall–Kier alpha value is 0.130. The molecule has 0 amide bonds. The van der Waals surface area contributed by atoms with Crippen LogP contribution in [0.3, 0.4) is 0 Å². The van der Waals surface area contributed by atoms with Gasteiger partial charge in [-0.1, -0.05) is 18.2 Å². The summed E-state index contributed by atoms with van der Waals surface area (Å²) >= 11 is 0. The van der Waals surface area contributed by atoms with Gasteiger partial charge in [-0.3, -0.25) is 4.18 Å². The van der Waals surface area contributed by atoms with E-state index < -0.39 is 10.1 Å². The van der Waals surface area contributed by atoms with Crippen LogP contribution in [0.2, 0.25) is 0 Å². The summed E-state index contributed by atoms with van der Waals surface area (Å²) in [5.74, 6) is 0. The zero-order valence-electron chi connectivity index (χ0n) is 9.60. The molecule has 0 aliphatic heterocycles. The van der Waals surface area contributed by atoms with E-state index in [9.17, 15) is 8.42 Å². The second-order valence-electron chi connectivity index (χ2n) is 2.91. The molecule has 74 valence electrons. The zero-order valence-corrected chi connectivity index (χ0v) is 11.4. The molecule has 0 atom stereocenters. The average molecular weight is 224 g/mol. The van der Waals surface area contributed by atoms with E-state index in [1.807, 2.05) is 0 Å². The molecule has 1 aromatic carbocycles. The number of hydrogen-bond acceptors (Lipinski definition) is 3. The smallest absolute Gasteiger partial charge is 1.00 e. The van der Waals surface area contributed by atoms with Gasteiger partial charge in [0.1, 0.15) is 0 Å². The molecule has 14 heavy (non-hydrogen) atoms. The van der Waals surface area contributed by atoms with Crippen LogP contribution in [0.25, 0.3) is 0 Å². The third-order valence-electron chi connectivity index (χ3n) is 1.35. The average Bonchev–Trinajstić information content (AvgIpc) is 2.04. The maximum Gasteiger partial charge on any atom is 1.00 e. The van der Waals surface area contributed by atoms with E-state index in [1.165, 1.54) is 12.1 Å². The van der Waals surface area contributed by atoms with E-state index in [0.717, 1.165) is 0 Å². The molecule has 5 heteroatoms. The van der Waals surface area contributed by atoms with Gasteiger partial charge in [-0.2, -0.15) is 8.42 Å². The molecule has 1 aromatic rings. The van der Waals surface area contributed by atoms with Gasteiger partial charge in [0, 0.05) is 0 Å². The van der Waals surface area contributed by atoms with E-state index in [1.54, 1.807) is 32.0 Å². The third kappa shape index (κ3) is 4.11. The van der Waals surface area contributed by atoms with Crippen molar-refractivity contribution >= 4 is 10.1 Å². The minimum absolute atomic E-state index is 0. The molecule has 0 N–H and O–H groups in total. The van der Waals surface area contributed by atoms with Crippen LogP contribution in [-0.2, 0) is 14.3 Å². The van der Waals surface area contributed by atoms with Crippen LogP contribution >= 0.6 is 0 Å². The van der Waals surface area contributed by atoms with Crippen molar-refractivity contribution in [3.63, 3.8) is 0 Å². The van der Waals surface area contributed by atoms with E-state index in [0.29, 0.717) is 0 Å². The monoisotopic (exact) mass is 224 g/mol. The Kier molecular flexibility index (Phi) is 5.93. The van der Waals surface area contributed by atoms with E-state index >= 15 is 0 Å². The zero-order chi connectivity index (χ0) is 9.90. The maximum atomic E-state index is 11.4. The first-order valence-corrected chi connectivity index (χ1v) is 5.41. The third-order valence-corrected chi connectivity index (χ3v) is 2.84. The molecule has 0 spiro atoms. The minimum atomic E-state index is -3.56. The Labute approximate surface area is 108 Å². The SMILES string of the molecule is CC(C)OS(=O)(=O)c1ccccc1.[H-].[Na+]. The van der Waals surface area contributed by atoms with Crippen LogP contribution in [0.1, 0.15) is 15.3 Å². The molecule has 0 bridgehead atoms. The summed E-state index contributed by atoms with van der Waals surface area (Å²) in [6, 6.07) is 8.11. The molecular formula is C9H13NaO3S. The molecule has 0 aliphatic carbocycles. The van der Waals surface area contributed by atoms with Crippen molar-refractivity contribution in [1.82, 2.24) is 0 Å². The summed E-state index contributed by atoms with van der Waals surface area (Å²) < 4.78 is 27.6. The van der Waals surface area contributed by atoms with Crippen molar-refractivity contribution in [3.05, 3.63) is 30.3 Å². The van der Waals surface area contributed by atoms with Crippen LogP contribution < -0.4 is 29.6 Å². The number of rotatable bonds is 3. The fraction of sp³-hybridized carbons (Fsp3) is 0.333. The molecule has 0 fully saturated rings. The van der Waals surface area contributed by atoms with Crippen molar-refractivity contribution in [3.8, 4) is 0 Å². The summed E-state index contributed by atoms with van der Waals surface area (Å²) in [6.45, 7) is 3.36. The summed E-state index contributed by atoms with van der Waals surface area (Å²) in [5.41, 5.74) is 0. The predicted molar refractivity (Wildman–Crippen MR) is 51.0 cm³/mol. The molecule has 3 nitrogen and oxygen atoms in total. The van der Waals surface area contributed by atoms with Crippen LogP contribution in [0.5, 0.6) is 0 Å². The van der Waals surface area contributed by atoms with E-state index in [-0.39, 0.29) is 42.0 Å². The van der Waals surface area contributed by atoms with Gasteiger partial charge in [-0.25, -0.2) is 0 Å². The molecule has 0 saturated carbocycles. The maximum absolute atomic E-state index is 11.4. The van der Waals surface area contributed by atoms with Gasteiger partial charge < -0.3 is 1.43 Å². The van der Waals surface area contributed by atoms with Crippen molar-refractivity contribution in [1.29, 1.82) is 0 Å². The second kappa shape index (κ2) is 5.88. The quantitative estimate of drug-likeness (QED) is 0.484.